The van der Waals surface area contributed by atoms with Crippen molar-refractivity contribution < 1.29 is 4.74 Å². The molecule has 7 heteroatoms. The summed E-state index contributed by atoms with van der Waals surface area (Å²) in [6.07, 6.45) is 8.05. The first-order valence-corrected chi connectivity index (χ1v) is 11.2. The number of likely N-dealkylation sites (tertiary alicyclic amines) is 1. The third-order valence-electron chi connectivity index (χ3n) is 5.99. The van der Waals surface area contributed by atoms with E-state index < -0.39 is 0 Å². The molecule has 1 saturated heterocycles. The molecule has 0 bridgehead atoms. The molecule has 0 spiro atoms. The Morgan fingerprint density at radius 1 is 1.09 bits per heavy atom. The zero-order chi connectivity index (χ0) is 22.2. The molecule has 0 amide bonds. The van der Waals surface area contributed by atoms with Crippen molar-refractivity contribution in [3.05, 3.63) is 78.4 Å². The Morgan fingerprint density at radius 3 is 2.62 bits per heavy atom. The number of ether oxygens (including phenoxy) is 1. The van der Waals surface area contributed by atoms with Gasteiger partial charge in [0.2, 0.25) is 0 Å². The number of hydrogen-bond donors (Lipinski definition) is 2. The van der Waals surface area contributed by atoms with E-state index in [1.165, 1.54) is 24.0 Å². The van der Waals surface area contributed by atoms with E-state index in [2.05, 4.69) is 55.8 Å². The summed E-state index contributed by atoms with van der Waals surface area (Å²) in [6.45, 7) is 3.63. The Morgan fingerprint density at radius 2 is 1.88 bits per heavy atom. The summed E-state index contributed by atoms with van der Waals surface area (Å²) in [6, 6.07) is 16.9. The van der Waals surface area contributed by atoms with Gasteiger partial charge in [0.15, 0.2) is 5.96 Å². The summed E-state index contributed by atoms with van der Waals surface area (Å²) in [5.41, 5.74) is 3.50. The second kappa shape index (κ2) is 10.8. The molecule has 168 valence electrons. The fourth-order valence-electron chi connectivity index (χ4n) is 4.34. The third-order valence-corrected chi connectivity index (χ3v) is 5.99. The molecule has 1 aliphatic rings. The van der Waals surface area contributed by atoms with Crippen molar-refractivity contribution in [1.29, 1.82) is 0 Å². The van der Waals surface area contributed by atoms with Gasteiger partial charge in [-0.15, -0.1) is 0 Å². The van der Waals surface area contributed by atoms with E-state index in [0.29, 0.717) is 6.54 Å². The van der Waals surface area contributed by atoms with E-state index in [9.17, 15) is 0 Å². The molecule has 2 N–H and O–H groups in total. The fourth-order valence-corrected chi connectivity index (χ4v) is 4.34. The second-order valence-electron chi connectivity index (χ2n) is 7.91. The maximum atomic E-state index is 5.67. The van der Waals surface area contributed by atoms with Gasteiger partial charge in [0.05, 0.1) is 25.2 Å². The standard InChI is InChI=1S/C25H32N6O/c1-26-25(28-17-20-9-3-5-11-22(20)31-16-13-27-19-31)29-18-23(30-14-7-8-15-30)21-10-4-6-12-24(21)32-2/h3-6,9-13,16,19,23H,7-8,14-15,17-18H2,1-2H3,(H2,26,28,29). The summed E-state index contributed by atoms with van der Waals surface area (Å²) in [4.78, 5) is 11.2. The molecule has 32 heavy (non-hydrogen) atoms. The van der Waals surface area contributed by atoms with Gasteiger partial charge in [-0.25, -0.2) is 4.98 Å². The lowest BCUT2D eigenvalue weighted by Gasteiger charge is -2.30. The first-order valence-electron chi connectivity index (χ1n) is 11.2. The number of hydrogen-bond acceptors (Lipinski definition) is 4. The number of nitrogens with zero attached hydrogens (tertiary/aromatic N) is 4. The van der Waals surface area contributed by atoms with Crippen LogP contribution >= 0.6 is 0 Å². The van der Waals surface area contributed by atoms with Crippen LogP contribution in [-0.2, 0) is 6.54 Å². The minimum atomic E-state index is 0.227. The van der Waals surface area contributed by atoms with Crippen LogP contribution in [-0.4, -0.2) is 54.2 Å². The summed E-state index contributed by atoms with van der Waals surface area (Å²) >= 11 is 0. The molecule has 2 aromatic carbocycles. The number of para-hydroxylation sites is 2. The lowest BCUT2D eigenvalue weighted by atomic mass is 10.0. The molecule has 1 atom stereocenters. The van der Waals surface area contributed by atoms with Crippen molar-refractivity contribution in [1.82, 2.24) is 25.1 Å². The van der Waals surface area contributed by atoms with Crippen LogP contribution in [0.3, 0.4) is 0 Å². The second-order valence-corrected chi connectivity index (χ2v) is 7.91. The zero-order valence-electron chi connectivity index (χ0n) is 18.9. The molecular formula is C25H32N6O. The van der Waals surface area contributed by atoms with E-state index in [-0.39, 0.29) is 6.04 Å². The molecule has 1 unspecified atom stereocenters. The molecule has 1 fully saturated rings. The van der Waals surface area contributed by atoms with Gasteiger partial charge in [0.1, 0.15) is 5.75 Å². The SMILES string of the molecule is CN=C(NCc1ccccc1-n1ccnc1)NCC(c1ccccc1OC)N1CCCC1. The van der Waals surface area contributed by atoms with Crippen LogP contribution < -0.4 is 15.4 Å². The van der Waals surface area contributed by atoms with E-state index in [1.54, 1.807) is 13.3 Å². The smallest absolute Gasteiger partial charge is 0.191 e. The first kappa shape index (κ1) is 21.9. The Bertz CT molecular complexity index is 1010. The predicted molar refractivity (Wildman–Crippen MR) is 128 cm³/mol. The van der Waals surface area contributed by atoms with Gasteiger partial charge in [-0.05, 0) is 43.6 Å². The van der Waals surface area contributed by atoms with Gasteiger partial charge in [-0.3, -0.25) is 9.89 Å². The molecule has 2 heterocycles. The van der Waals surface area contributed by atoms with E-state index in [1.807, 2.05) is 42.3 Å². The molecular weight excluding hydrogens is 400 g/mol. The topological polar surface area (TPSA) is 66.7 Å². The van der Waals surface area contributed by atoms with Crippen LogP contribution in [0, 0.1) is 0 Å². The van der Waals surface area contributed by atoms with Gasteiger partial charge in [-0.1, -0.05) is 36.4 Å². The lowest BCUT2D eigenvalue weighted by molar-refractivity contribution is 0.239. The van der Waals surface area contributed by atoms with Crippen LogP contribution in [0.25, 0.3) is 5.69 Å². The minimum absolute atomic E-state index is 0.227. The van der Waals surface area contributed by atoms with Gasteiger partial charge in [0.25, 0.3) is 0 Å². The van der Waals surface area contributed by atoms with Gasteiger partial charge in [-0.2, -0.15) is 0 Å². The van der Waals surface area contributed by atoms with Crippen molar-refractivity contribution in [2.24, 2.45) is 4.99 Å². The van der Waals surface area contributed by atoms with Crippen molar-refractivity contribution in [3.8, 4) is 11.4 Å². The van der Waals surface area contributed by atoms with Gasteiger partial charge >= 0.3 is 0 Å². The molecule has 3 aromatic rings. The number of aromatic nitrogens is 2. The minimum Gasteiger partial charge on any atom is -0.496 e. The largest absolute Gasteiger partial charge is 0.496 e. The van der Waals surface area contributed by atoms with Crippen molar-refractivity contribution in [2.75, 3.05) is 33.8 Å². The van der Waals surface area contributed by atoms with Crippen molar-refractivity contribution in [2.45, 2.75) is 25.4 Å². The van der Waals surface area contributed by atoms with Crippen LogP contribution in [0.5, 0.6) is 5.75 Å². The number of benzene rings is 2. The lowest BCUT2D eigenvalue weighted by Crippen LogP contribution is -2.42. The molecule has 1 aliphatic heterocycles. The van der Waals surface area contributed by atoms with Gasteiger partial charge < -0.3 is 19.9 Å². The molecule has 0 aliphatic carbocycles. The molecule has 0 radical (unpaired) electrons. The van der Waals surface area contributed by atoms with Gasteiger partial charge in [0, 0.05) is 38.1 Å². The average molecular weight is 433 g/mol. The Labute approximate surface area is 190 Å². The highest BCUT2D eigenvalue weighted by Gasteiger charge is 2.26. The Hall–Kier alpha value is -3.32. The number of methoxy groups -OCH3 is 1. The van der Waals surface area contributed by atoms with E-state index >= 15 is 0 Å². The average Bonchev–Trinajstić information content (AvgIpc) is 3.56. The number of nitrogens with one attached hydrogen (secondary N) is 2. The number of imidazole rings is 1. The number of guanidine groups is 1. The quantitative estimate of drug-likeness (QED) is 0.422. The van der Waals surface area contributed by atoms with Crippen LogP contribution in [0.1, 0.15) is 30.0 Å². The number of aliphatic imine (C=N–C) groups is 1. The fraction of sp³-hybridized carbons (Fsp3) is 0.360. The van der Waals surface area contributed by atoms with E-state index in [4.69, 9.17) is 4.74 Å². The zero-order valence-corrected chi connectivity index (χ0v) is 18.9. The summed E-state index contributed by atoms with van der Waals surface area (Å²) in [7, 11) is 3.55. The monoisotopic (exact) mass is 432 g/mol. The first-order chi connectivity index (χ1) is 15.8. The maximum absolute atomic E-state index is 5.67. The van der Waals surface area contributed by atoms with Crippen LogP contribution in [0.15, 0.2) is 72.2 Å². The van der Waals surface area contributed by atoms with E-state index in [0.717, 1.165) is 37.0 Å². The predicted octanol–water partition coefficient (Wildman–Crippen LogP) is 3.38. The van der Waals surface area contributed by atoms with Crippen molar-refractivity contribution in [3.63, 3.8) is 0 Å². The highest BCUT2D eigenvalue weighted by molar-refractivity contribution is 5.79. The highest BCUT2D eigenvalue weighted by atomic mass is 16.5. The Kier molecular flexibility index (Phi) is 7.40. The molecule has 0 saturated carbocycles. The van der Waals surface area contributed by atoms with Crippen LogP contribution in [0.2, 0.25) is 0 Å². The third kappa shape index (κ3) is 5.11. The summed E-state index contributed by atoms with van der Waals surface area (Å²) in [5.74, 6) is 1.72. The maximum Gasteiger partial charge on any atom is 0.191 e. The molecule has 1 aromatic heterocycles. The number of rotatable bonds is 8. The van der Waals surface area contributed by atoms with Crippen LogP contribution in [0.4, 0.5) is 0 Å². The molecule has 4 rings (SSSR count). The summed E-state index contributed by atoms with van der Waals surface area (Å²) < 4.78 is 7.69. The highest BCUT2D eigenvalue weighted by Crippen LogP contribution is 2.31. The Balaban J connectivity index is 1.44. The summed E-state index contributed by atoms with van der Waals surface area (Å²) in [5, 5.41) is 7.01. The normalized spacial score (nSPS) is 15.5. The van der Waals surface area contributed by atoms with Crippen molar-refractivity contribution >= 4 is 5.96 Å². The molecule has 7 nitrogen and oxygen atoms in total.